The van der Waals surface area contributed by atoms with Gasteiger partial charge in [0, 0.05) is 25.3 Å². The van der Waals surface area contributed by atoms with E-state index < -0.39 is 0 Å². The smallest absolute Gasteiger partial charge is 0.195 e. The number of aliphatic imine (C=N–C) groups is 1. The highest BCUT2D eigenvalue weighted by Gasteiger charge is 2.07. The molecule has 1 aromatic heterocycles. The molecule has 0 saturated carbocycles. The molecular weight excluding hydrogens is 368 g/mol. The maximum atomic E-state index is 5.56. The number of nitrogens with one attached hydrogen (secondary N) is 2. The largest absolute Gasteiger partial charge is 0.493 e. The molecule has 0 radical (unpaired) electrons. The molecule has 8 heteroatoms. The predicted molar refractivity (Wildman–Crippen MR) is 114 cm³/mol. The predicted octanol–water partition coefficient (Wildman–Crippen LogP) is 2.92. The summed E-state index contributed by atoms with van der Waals surface area (Å²) in [5.41, 5.74) is 3.17. The lowest BCUT2D eigenvalue weighted by Gasteiger charge is -2.15. The molecule has 1 heterocycles. The molecule has 0 spiro atoms. The van der Waals surface area contributed by atoms with E-state index in [1.54, 1.807) is 25.2 Å². The number of methoxy groups -OCH3 is 1. The zero-order valence-corrected chi connectivity index (χ0v) is 16.9. The lowest BCUT2D eigenvalue weighted by atomic mass is 10.1. The van der Waals surface area contributed by atoms with Crippen molar-refractivity contribution in [1.82, 2.24) is 20.1 Å². The Morgan fingerprint density at radius 1 is 1.14 bits per heavy atom. The maximum Gasteiger partial charge on any atom is 0.195 e. The van der Waals surface area contributed by atoms with Crippen LogP contribution in [0.25, 0.3) is 0 Å². The van der Waals surface area contributed by atoms with Crippen LogP contribution in [0, 0.1) is 0 Å². The van der Waals surface area contributed by atoms with Crippen LogP contribution >= 0.6 is 0 Å². The number of hydrogen-bond acceptors (Lipinski definition) is 5. The van der Waals surface area contributed by atoms with E-state index in [1.807, 2.05) is 31.2 Å². The summed E-state index contributed by atoms with van der Waals surface area (Å²) in [6.07, 6.45) is 3.25. The topological polar surface area (TPSA) is 85.6 Å². The lowest BCUT2D eigenvalue weighted by molar-refractivity contribution is 0.311. The molecule has 0 aliphatic rings. The Kier molecular flexibility index (Phi) is 7.05. The Bertz CT molecular complexity index is 940. The molecule has 0 atom stereocenters. The SMILES string of the molecule is CCOc1ccc(NC(=NC)NCc2cccc(Cn3cncn3)c2)cc1OC. The fourth-order valence-corrected chi connectivity index (χ4v) is 2.86. The van der Waals surface area contributed by atoms with Crippen LogP contribution in [0.2, 0.25) is 0 Å². The van der Waals surface area contributed by atoms with Crippen molar-refractivity contribution >= 4 is 11.6 Å². The molecule has 8 nitrogen and oxygen atoms in total. The molecule has 0 aliphatic heterocycles. The van der Waals surface area contributed by atoms with Crippen LogP contribution in [-0.2, 0) is 13.1 Å². The number of guanidine groups is 1. The van der Waals surface area contributed by atoms with Gasteiger partial charge in [0.1, 0.15) is 12.7 Å². The summed E-state index contributed by atoms with van der Waals surface area (Å²) in [7, 11) is 3.36. The fraction of sp³-hybridized carbons (Fsp3) is 0.286. The molecule has 2 aromatic carbocycles. The van der Waals surface area contributed by atoms with Crippen LogP contribution < -0.4 is 20.1 Å². The summed E-state index contributed by atoms with van der Waals surface area (Å²) >= 11 is 0. The molecule has 0 bridgehead atoms. The summed E-state index contributed by atoms with van der Waals surface area (Å²) in [6, 6.07) is 14.0. The van der Waals surface area contributed by atoms with Crippen molar-refractivity contribution in [3.05, 3.63) is 66.2 Å². The first-order valence-electron chi connectivity index (χ1n) is 9.40. The quantitative estimate of drug-likeness (QED) is 0.451. The Morgan fingerprint density at radius 2 is 2.00 bits per heavy atom. The van der Waals surface area contributed by atoms with Crippen molar-refractivity contribution < 1.29 is 9.47 Å². The molecule has 0 unspecified atom stereocenters. The Morgan fingerprint density at radius 3 is 2.72 bits per heavy atom. The standard InChI is InChI=1S/C21H26N6O2/c1-4-29-19-9-8-18(11-20(19)28-3)26-21(22-2)24-12-16-6-5-7-17(10-16)13-27-15-23-14-25-27/h5-11,14-15H,4,12-13H2,1-3H3,(H2,22,24,26). The number of benzene rings is 2. The maximum absolute atomic E-state index is 5.56. The third kappa shape index (κ3) is 5.71. The monoisotopic (exact) mass is 394 g/mol. The summed E-state index contributed by atoms with van der Waals surface area (Å²) in [6.45, 7) is 3.85. The van der Waals surface area contributed by atoms with Gasteiger partial charge in [-0.15, -0.1) is 0 Å². The third-order valence-electron chi connectivity index (χ3n) is 4.21. The van der Waals surface area contributed by atoms with Crippen molar-refractivity contribution in [3.8, 4) is 11.5 Å². The second-order valence-electron chi connectivity index (χ2n) is 6.26. The Balaban J connectivity index is 1.61. The number of anilines is 1. The molecule has 29 heavy (non-hydrogen) atoms. The van der Waals surface area contributed by atoms with Crippen molar-refractivity contribution in [2.24, 2.45) is 4.99 Å². The molecular formula is C21H26N6O2. The minimum atomic E-state index is 0.586. The molecule has 0 aliphatic carbocycles. The van der Waals surface area contributed by atoms with Crippen LogP contribution in [0.1, 0.15) is 18.1 Å². The van der Waals surface area contributed by atoms with Gasteiger partial charge in [-0.1, -0.05) is 24.3 Å². The molecule has 0 amide bonds. The van der Waals surface area contributed by atoms with Gasteiger partial charge in [0.2, 0.25) is 0 Å². The summed E-state index contributed by atoms with van der Waals surface area (Å²) in [5.74, 6) is 2.05. The van der Waals surface area contributed by atoms with Gasteiger partial charge in [-0.05, 0) is 30.2 Å². The summed E-state index contributed by atoms with van der Waals surface area (Å²) in [5, 5.41) is 10.8. The van der Waals surface area contributed by atoms with Gasteiger partial charge >= 0.3 is 0 Å². The number of ether oxygens (including phenoxy) is 2. The first-order chi connectivity index (χ1) is 14.2. The van der Waals surface area contributed by atoms with Crippen LogP contribution in [-0.4, -0.2) is 41.5 Å². The van der Waals surface area contributed by atoms with Gasteiger partial charge in [0.15, 0.2) is 17.5 Å². The van der Waals surface area contributed by atoms with E-state index in [4.69, 9.17) is 9.47 Å². The first kappa shape index (κ1) is 20.2. The van der Waals surface area contributed by atoms with Crippen LogP contribution in [0.3, 0.4) is 0 Å². The van der Waals surface area contributed by atoms with E-state index in [0.717, 1.165) is 16.8 Å². The normalized spacial score (nSPS) is 11.2. The van der Waals surface area contributed by atoms with Crippen LogP contribution in [0.4, 0.5) is 5.69 Å². The zero-order chi connectivity index (χ0) is 20.5. The minimum absolute atomic E-state index is 0.586. The molecule has 0 saturated heterocycles. The highest BCUT2D eigenvalue weighted by Crippen LogP contribution is 2.30. The van der Waals surface area contributed by atoms with Gasteiger partial charge < -0.3 is 20.1 Å². The van der Waals surface area contributed by atoms with E-state index in [-0.39, 0.29) is 0 Å². The number of rotatable bonds is 8. The Labute approximate surface area is 170 Å². The van der Waals surface area contributed by atoms with E-state index in [2.05, 4.69) is 43.9 Å². The summed E-state index contributed by atoms with van der Waals surface area (Å²) < 4.78 is 12.8. The van der Waals surface area contributed by atoms with Gasteiger partial charge in [0.05, 0.1) is 20.3 Å². The number of aromatic nitrogens is 3. The van der Waals surface area contributed by atoms with Crippen molar-refractivity contribution in [2.45, 2.75) is 20.0 Å². The fourth-order valence-electron chi connectivity index (χ4n) is 2.86. The molecule has 152 valence electrons. The zero-order valence-electron chi connectivity index (χ0n) is 16.9. The third-order valence-corrected chi connectivity index (χ3v) is 4.21. The van der Waals surface area contributed by atoms with E-state index in [9.17, 15) is 0 Å². The average molecular weight is 394 g/mol. The van der Waals surface area contributed by atoms with E-state index in [1.165, 1.54) is 6.33 Å². The minimum Gasteiger partial charge on any atom is -0.493 e. The van der Waals surface area contributed by atoms with Crippen molar-refractivity contribution in [1.29, 1.82) is 0 Å². The summed E-state index contributed by atoms with van der Waals surface area (Å²) in [4.78, 5) is 8.27. The van der Waals surface area contributed by atoms with Crippen LogP contribution in [0.15, 0.2) is 60.1 Å². The highest BCUT2D eigenvalue weighted by atomic mass is 16.5. The first-order valence-corrected chi connectivity index (χ1v) is 9.40. The Hall–Kier alpha value is -3.55. The molecule has 3 aromatic rings. The van der Waals surface area contributed by atoms with Gasteiger partial charge in [0.25, 0.3) is 0 Å². The van der Waals surface area contributed by atoms with Gasteiger partial charge in [-0.25, -0.2) is 9.67 Å². The second-order valence-corrected chi connectivity index (χ2v) is 6.26. The lowest BCUT2D eigenvalue weighted by Crippen LogP contribution is -2.30. The van der Waals surface area contributed by atoms with Gasteiger partial charge in [-0.3, -0.25) is 4.99 Å². The van der Waals surface area contributed by atoms with Crippen molar-refractivity contribution in [2.75, 3.05) is 26.1 Å². The molecule has 3 rings (SSSR count). The number of hydrogen-bond donors (Lipinski definition) is 2. The molecule has 2 N–H and O–H groups in total. The average Bonchev–Trinajstić information content (AvgIpc) is 3.25. The van der Waals surface area contributed by atoms with Gasteiger partial charge in [-0.2, -0.15) is 5.10 Å². The highest BCUT2D eigenvalue weighted by molar-refractivity contribution is 5.93. The van der Waals surface area contributed by atoms with Crippen LogP contribution in [0.5, 0.6) is 11.5 Å². The van der Waals surface area contributed by atoms with E-state index >= 15 is 0 Å². The van der Waals surface area contributed by atoms with E-state index in [0.29, 0.717) is 37.2 Å². The second kappa shape index (κ2) is 10.1. The van der Waals surface area contributed by atoms with Crippen molar-refractivity contribution in [3.63, 3.8) is 0 Å². The molecule has 0 fully saturated rings. The number of nitrogens with zero attached hydrogens (tertiary/aromatic N) is 4.